The fraction of sp³-hybridized carbons (Fsp3) is 0.650. The molecule has 12 heteroatoms. The van der Waals surface area contributed by atoms with Gasteiger partial charge in [-0.2, -0.15) is 0 Å². The molecule has 286 valence electrons. The third kappa shape index (κ3) is 9.04. The summed E-state index contributed by atoms with van der Waals surface area (Å²) in [5.74, 6) is -2.47. The first-order valence-corrected chi connectivity index (χ1v) is 18.7. The van der Waals surface area contributed by atoms with Gasteiger partial charge in [-0.1, -0.05) is 105 Å². The van der Waals surface area contributed by atoms with Crippen molar-refractivity contribution in [3.8, 4) is 0 Å². The van der Waals surface area contributed by atoms with E-state index in [4.69, 9.17) is 0 Å². The second-order valence-electron chi connectivity index (χ2n) is 17.5. The van der Waals surface area contributed by atoms with Gasteiger partial charge in [-0.25, -0.2) is 4.79 Å². The number of carbonyl (C=O) groups excluding carboxylic acids is 6. The molecular weight excluding hydrogens is 660 g/mol. The van der Waals surface area contributed by atoms with Gasteiger partial charge in [-0.05, 0) is 45.6 Å². The van der Waals surface area contributed by atoms with Crippen LogP contribution in [0.25, 0.3) is 0 Å². The predicted octanol–water partition coefficient (Wildman–Crippen LogP) is 3.73. The normalized spacial score (nSPS) is 22.2. The van der Waals surface area contributed by atoms with E-state index in [1.165, 1.54) is 6.08 Å². The van der Waals surface area contributed by atoms with Gasteiger partial charge in [0.05, 0.1) is 18.5 Å². The van der Waals surface area contributed by atoms with Crippen molar-refractivity contribution >= 4 is 35.4 Å². The Hall–Kier alpha value is -4.22. The zero-order valence-electron chi connectivity index (χ0n) is 32.6. The molecule has 1 aromatic carbocycles. The van der Waals surface area contributed by atoms with Crippen molar-refractivity contribution < 1.29 is 28.8 Å². The van der Waals surface area contributed by atoms with Crippen molar-refractivity contribution in [3.05, 3.63) is 48.0 Å². The summed E-state index contributed by atoms with van der Waals surface area (Å²) >= 11 is 0. The number of urea groups is 1. The molecule has 1 aromatic rings. The van der Waals surface area contributed by atoms with E-state index >= 15 is 0 Å². The van der Waals surface area contributed by atoms with Crippen LogP contribution in [0.4, 0.5) is 4.79 Å². The summed E-state index contributed by atoms with van der Waals surface area (Å²) in [6.45, 7) is 22.4. The summed E-state index contributed by atoms with van der Waals surface area (Å²) in [6, 6.07) is 3.99. The Morgan fingerprint density at radius 1 is 0.981 bits per heavy atom. The second-order valence-corrected chi connectivity index (χ2v) is 17.5. The van der Waals surface area contributed by atoms with Gasteiger partial charge in [0.2, 0.25) is 23.5 Å². The van der Waals surface area contributed by atoms with Gasteiger partial charge in [-0.15, -0.1) is 6.58 Å². The van der Waals surface area contributed by atoms with Crippen molar-refractivity contribution in [1.29, 1.82) is 0 Å². The molecule has 2 fully saturated rings. The highest BCUT2D eigenvalue weighted by Gasteiger charge is 2.70. The van der Waals surface area contributed by atoms with Crippen LogP contribution in [0.2, 0.25) is 0 Å². The molecule has 6 atom stereocenters. The van der Waals surface area contributed by atoms with E-state index in [1.54, 1.807) is 9.80 Å². The summed E-state index contributed by atoms with van der Waals surface area (Å²) in [5.41, 5.74) is 0.747. The monoisotopic (exact) mass is 720 g/mol. The van der Waals surface area contributed by atoms with Gasteiger partial charge >= 0.3 is 6.03 Å². The number of nitrogens with zero attached hydrogens (tertiary/aromatic N) is 2. The summed E-state index contributed by atoms with van der Waals surface area (Å²) in [7, 11) is 0. The number of unbranched alkanes of at least 4 members (excludes halogenated alkanes) is 1. The highest BCUT2D eigenvalue weighted by molar-refractivity contribution is 6.38. The molecule has 0 bridgehead atoms. The van der Waals surface area contributed by atoms with Crippen LogP contribution in [-0.2, 0) is 36.9 Å². The first-order chi connectivity index (χ1) is 24.2. The van der Waals surface area contributed by atoms with Gasteiger partial charge < -0.3 is 31.1 Å². The maximum atomic E-state index is 14.5. The number of piperidine rings is 1. The highest BCUT2D eigenvalue weighted by atomic mass is 16.2. The largest absolute Gasteiger partial charge is 0.346 e. The Balaban J connectivity index is 1.52. The SMILES string of the molecule is C=CCNC(=O)C(=O)C(CCCC)NC(=O)[C@@H]1[C@@H]2[C@H](CN1C(=O)[C@@H](NC(=O)N[C@H](CN1Cc3ccccc3CC1=O)C(C)(C)C)C(C)(C)C)C2(C)C. The Kier molecular flexibility index (Phi) is 12.3. The van der Waals surface area contributed by atoms with E-state index in [2.05, 4.69) is 41.7 Å². The fourth-order valence-electron chi connectivity index (χ4n) is 7.68. The molecule has 2 heterocycles. The molecule has 4 N–H and O–H groups in total. The summed E-state index contributed by atoms with van der Waals surface area (Å²) in [6.07, 6.45) is 3.45. The van der Waals surface area contributed by atoms with Crippen molar-refractivity contribution in [2.75, 3.05) is 19.6 Å². The Bertz CT molecular complexity index is 1560. The lowest BCUT2D eigenvalue weighted by molar-refractivity contribution is -0.145. The average molecular weight is 721 g/mol. The predicted molar refractivity (Wildman–Crippen MR) is 200 cm³/mol. The fourth-order valence-corrected chi connectivity index (χ4v) is 7.68. The van der Waals surface area contributed by atoms with Gasteiger partial charge in [0, 0.05) is 26.2 Å². The molecule has 4 rings (SSSR count). The maximum absolute atomic E-state index is 14.5. The third-order valence-electron chi connectivity index (χ3n) is 11.2. The molecule has 0 aromatic heterocycles. The molecule has 52 heavy (non-hydrogen) atoms. The van der Waals surface area contributed by atoms with Crippen molar-refractivity contribution in [2.45, 2.75) is 119 Å². The second kappa shape index (κ2) is 15.8. The molecule has 1 saturated carbocycles. The zero-order valence-corrected chi connectivity index (χ0v) is 32.6. The molecule has 12 nitrogen and oxygen atoms in total. The van der Waals surface area contributed by atoms with Crippen LogP contribution in [0.15, 0.2) is 36.9 Å². The first kappa shape index (κ1) is 40.5. The van der Waals surface area contributed by atoms with Crippen LogP contribution in [0, 0.1) is 28.1 Å². The Morgan fingerprint density at radius 2 is 1.63 bits per heavy atom. The number of nitrogens with one attached hydrogen (secondary N) is 4. The lowest BCUT2D eigenvalue weighted by Gasteiger charge is -2.40. The van der Waals surface area contributed by atoms with Crippen molar-refractivity contribution in [2.24, 2.45) is 28.1 Å². The van der Waals surface area contributed by atoms with E-state index in [9.17, 15) is 28.8 Å². The van der Waals surface area contributed by atoms with Crippen LogP contribution >= 0.6 is 0 Å². The summed E-state index contributed by atoms with van der Waals surface area (Å²) < 4.78 is 0. The third-order valence-corrected chi connectivity index (χ3v) is 11.2. The van der Waals surface area contributed by atoms with Crippen LogP contribution in [0.3, 0.4) is 0 Å². The summed E-state index contributed by atoms with van der Waals surface area (Å²) in [5, 5.41) is 11.4. The number of hydrogen-bond donors (Lipinski definition) is 4. The van der Waals surface area contributed by atoms with Crippen LogP contribution in [0.1, 0.15) is 92.7 Å². The minimum absolute atomic E-state index is 0.00577. The molecule has 0 spiro atoms. The quantitative estimate of drug-likeness (QED) is 0.170. The average Bonchev–Trinajstić information content (AvgIpc) is 3.37. The molecule has 2 aliphatic heterocycles. The number of ketones is 1. The number of fused-ring (bicyclic) bond motifs is 2. The van der Waals surface area contributed by atoms with Gasteiger partial charge in [0.15, 0.2) is 0 Å². The molecule has 1 aliphatic carbocycles. The van der Waals surface area contributed by atoms with Gasteiger partial charge in [-0.3, -0.25) is 24.0 Å². The van der Waals surface area contributed by atoms with Crippen LogP contribution in [-0.4, -0.2) is 89.0 Å². The molecule has 6 amide bonds. The molecular formula is C40H60N6O6. The number of Topliss-reactive ketones (excluding diaryl/α,β-unsaturated/α-hetero) is 1. The summed E-state index contributed by atoms with van der Waals surface area (Å²) in [4.78, 5) is 84.6. The van der Waals surface area contributed by atoms with E-state index in [0.717, 1.165) is 17.5 Å². The first-order valence-electron chi connectivity index (χ1n) is 18.7. The zero-order chi connectivity index (χ0) is 38.8. The number of carbonyl (C=O) groups is 6. The Labute approximate surface area is 309 Å². The van der Waals surface area contributed by atoms with Gasteiger partial charge in [0.1, 0.15) is 12.1 Å². The van der Waals surface area contributed by atoms with E-state index in [-0.39, 0.29) is 42.0 Å². The van der Waals surface area contributed by atoms with E-state index in [1.807, 2.05) is 72.7 Å². The highest BCUT2D eigenvalue weighted by Crippen LogP contribution is 2.65. The molecule has 0 radical (unpaired) electrons. The number of rotatable bonds is 14. The lowest BCUT2D eigenvalue weighted by Crippen LogP contribution is -2.63. The number of likely N-dealkylation sites (tertiary alicyclic amines) is 1. The number of hydrogen-bond acceptors (Lipinski definition) is 6. The topological polar surface area (TPSA) is 157 Å². The molecule has 3 aliphatic rings. The minimum atomic E-state index is -1.04. The van der Waals surface area contributed by atoms with Crippen LogP contribution in [0.5, 0.6) is 0 Å². The Morgan fingerprint density at radius 3 is 2.23 bits per heavy atom. The standard InChI is InChI=1S/C40H60N6O6/c1-11-13-18-27(32(48)35(50)41-19-12-2)42-34(49)31-30-26(40(30,9)10)22-46(31)36(51)33(39(6,7)8)44-37(52)43-28(38(3,4)5)23-45-21-25-17-15-14-16-24(25)20-29(45)47/h12,14-17,26-28,30-31,33H,2,11,13,18-23H2,1,3-10H3,(H,41,50)(H,42,49)(H2,43,44,52)/t26-,27?,28+,30-,31-,33+/m0/s1. The van der Waals surface area contributed by atoms with E-state index < -0.39 is 58.6 Å². The number of amides is 6. The van der Waals surface area contributed by atoms with Gasteiger partial charge in [0.25, 0.3) is 5.91 Å². The van der Waals surface area contributed by atoms with Crippen molar-refractivity contribution in [3.63, 3.8) is 0 Å². The van der Waals surface area contributed by atoms with Crippen molar-refractivity contribution in [1.82, 2.24) is 31.1 Å². The molecule has 1 unspecified atom stereocenters. The minimum Gasteiger partial charge on any atom is -0.346 e. The lowest BCUT2D eigenvalue weighted by atomic mass is 9.84. The van der Waals surface area contributed by atoms with E-state index in [0.29, 0.717) is 32.5 Å². The smallest absolute Gasteiger partial charge is 0.315 e. The maximum Gasteiger partial charge on any atom is 0.315 e. The molecule has 1 saturated heterocycles. The number of benzene rings is 1. The van der Waals surface area contributed by atoms with Crippen LogP contribution < -0.4 is 21.3 Å².